The topological polar surface area (TPSA) is 80.2 Å². The van der Waals surface area contributed by atoms with Gasteiger partial charge in [0, 0.05) is 51.6 Å². The molecule has 1 aliphatic rings. The molecule has 0 aromatic heterocycles. The number of halogens is 1. The van der Waals surface area contributed by atoms with E-state index in [4.69, 9.17) is 0 Å². The second-order valence-electron chi connectivity index (χ2n) is 8.29. The molecule has 1 aromatic carbocycles. The maximum Gasteiger partial charge on any atom is 0.244 e. The molecule has 31 heavy (non-hydrogen) atoms. The van der Waals surface area contributed by atoms with Crippen molar-refractivity contribution in [1.82, 2.24) is 15.5 Å². The summed E-state index contributed by atoms with van der Waals surface area (Å²) in [5.41, 5.74) is 1.21. The predicted octanol–water partition coefficient (Wildman–Crippen LogP) is 2.55. The normalized spacial score (nSPS) is 15.5. The Bertz CT molecular complexity index is 649. The molecule has 3 N–H and O–H groups in total. The SMILES string of the molecule is CCNC(=NCC(=O)N1CCN(c2ccccc2)CC1)NCC(CCO)CC(C)C.I. The molecule has 0 bridgehead atoms. The number of amides is 1. The third kappa shape index (κ3) is 10.1. The van der Waals surface area contributed by atoms with Crippen molar-refractivity contribution >= 4 is 41.5 Å². The number of para-hydroxylation sites is 1. The number of hydrogen-bond acceptors (Lipinski definition) is 4. The molecule has 1 unspecified atom stereocenters. The van der Waals surface area contributed by atoms with Gasteiger partial charge in [0.2, 0.25) is 5.91 Å². The van der Waals surface area contributed by atoms with Gasteiger partial charge in [0.25, 0.3) is 0 Å². The first-order valence-corrected chi connectivity index (χ1v) is 11.2. The standard InChI is InChI=1S/C23H39N5O2.HI/c1-4-24-23(25-17-20(10-15-29)16-19(2)3)26-18-22(30)28-13-11-27(12-14-28)21-8-6-5-7-9-21;/h5-9,19-20,29H,4,10-18H2,1-3H3,(H2,24,25,26);1H. The van der Waals surface area contributed by atoms with E-state index in [9.17, 15) is 9.90 Å². The number of aliphatic imine (C=N–C) groups is 1. The Morgan fingerprint density at radius 1 is 1.13 bits per heavy atom. The van der Waals surface area contributed by atoms with Crippen LogP contribution in [0.2, 0.25) is 0 Å². The van der Waals surface area contributed by atoms with Gasteiger partial charge in [-0.3, -0.25) is 4.79 Å². The van der Waals surface area contributed by atoms with E-state index in [1.165, 1.54) is 5.69 Å². The van der Waals surface area contributed by atoms with Gasteiger partial charge in [-0.1, -0.05) is 32.0 Å². The summed E-state index contributed by atoms with van der Waals surface area (Å²) in [7, 11) is 0. The van der Waals surface area contributed by atoms with Gasteiger partial charge >= 0.3 is 0 Å². The number of carbonyl (C=O) groups is 1. The average molecular weight is 546 g/mol. The Morgan fingerprint density at radius 3 is 2.39 bits per heavy atom. The van der Waals surface area contributed by atoms with Crippen LogP contribution in [0.15, 0.2) is 35.3 Å². The lowest BCUT2D eigenvalue weighted by atomic mass is 9.94. The zero-order valence-electron chi connectivity index (χ0n) is 19.2. The first-order valence-electron chi connectivity index (χ1n) is 11.2. The van der Waals surface area contributed by atoms with Crippen LogP contribution >= 0.6 is 24.0 Å². The first-order chi connectivity index (χ1) is 14.5. The fourth-order valence-electron chi connectivity index (χ4n) is 3.83. The van der Waals surface area contributed by atoms with Gasteiger partial charge in [-0.15, -0.1) is 24.0 Å². The van der Waals surface area contributed by atoms with E-state index in [0.29, 0.717) is 17.8 Å². The molecular weight excluding hydrogens is 505 g/mol. The number of benzene rings is 1. The molecule has 1 atom stereocenters. The lowest BCUT2D eigenvalue weighted by Gasteiger charge is -2.36. The number of nitrogens with zero attached hydrogens (tertiary/aromatic N) is 3. The van der Waals surface area contributed by atoms with Crippen molar-refractivity contribution in [2.24, 2.45) is 16.8 Å². The average Bonchev–Trinajstić information content (AvgIpc) is 2.76. The molecule has 8 heteroatoms. The summed E-state index contributed by atoms with van der Waals surface area (Å²) in [4.78, 5) is 21.4. The molecule has 2 rings (SSSR count). The number of piperazine rings is 1. The van der Waals surface area contributed by atoms with Gasteiger partial charge in [0.1, 0.15) is 6.54 Å². The van der Waals surface area contributed by atoms with Crippen molar-refractivity contribution in [2.75, 3.05) is 57.3 Å². The molecule has 176 valence electrons. The molecule has 1 heterocycles. The molecule has 1 aliphatic heterocycles. The number of anilines is 1. The van der Waals surface area contributed by atoms with Crippen LogP contribution in [0.5, 0.6) is 0 Å². The summed E-state index contributed by atoms with van der Waals surface area (Å²) >= 11 is 0. The Balaban J connectivity index is 0.00000480. The Morgan fingerprint density at radius 2 is 1.81 bits per heavy atom. The molecule has 7 nitrogen and oxygen atoms in total. The first kappa shape index (κ1) is 27.5. The number of rotatable bonds is 10. The van der Waals surface area contributed by atoms with Crippen LogP contribution in [0.25, 0.3) is 0 Å². The summed E-state index contributed by atoms with van der Waals surface area (Å²) in [6.45, 7) is 11.4. The van der Waals surface area contributed by atoms with E-state index in [1.807, 2.05) is 30.0 Å². The van der Waals surface area contributed by atoms with Gasteiger partial charge < -0.3 is 25.5 Å². The Kier molecular flexibility index (Phi) is 13.6. The number of aliphatic hydroxyl groups excluding tert-OH is 1. The van der Waals surface area contributed by atoms with E-state index in [-0.39, 0.29) is 43.0 Å². The highest BCUT2D eigenvalue weighted by atomic mass is 127. The summed E-state index contributed by atoms with van der Waals surface area (Å²) in [5, 5.41) is 15.9. The van der Waals surface area contributed by atoms with Crippen LogP contribution in [0.4, 0.5) is 5.69 Å². The number of carbonyl (C=O) groups excluding carboxylic acids is 1. The minimum atomic E-state index is 0. The summed E-state index contributed by atoms with van der Waals surface area (Å²) in [6.07, 6.45) is 1.83. The van der Waals surface area contributed by atoms with Crippen molar-refractivity contribution in [3.63, 3.8) is 0 Å². The predicted molar refractivity (Wildman–Crippen MR) is 139 cm³/mol. The Hall–Kier alpha value is -1.55. The lowest BCUT2D eigenvalue weighted by Crippen LogP contribution is -2.49. The Labute approximate surface area is 204 Å². The van der Waals surface area contributed by atoms with Crippen LogP contribution in [-0.4, -0.2) is 74.3 Å². The van der Waals surface area contributed by atoms with E-state index in [2.05, 4.69) is 46.5 Å². The van der Waals surface area contributed by atoms with E-state index < -0.39 is 0 Å². The molecule has 0 aliphatic carbocycles. The van der Waals surface area contributed by atoms with Gasteiger partial charge in [-0.2, -0.15) is 0 Å². The second kappa shape index (κ2) is 15.3. The zero-order valence-corrected chi connectivity index (χ0v) is 21.5. The molecule has 0 saturated carbocycles. The maximum absolute atomic E-state index is 12.6. The van der Waals surface area contributed by atoms with Gasteiger partial charge in [0.05, 0.1) is 0 Å². The molecule has 1 aromatic rings. The van der Waals surface area contributed by atoms with Crippen LogP contribution < -0.4 is 15.5 Å². The summed E-state index contributed by atoms with van der Waals surface area (Å²) in [6, 6.07) is 10.3. The van der Waals surface area contributed by atoms with Gasteiger partial charge in [-0.25, -0.2) is 4.99 Å². The fraction of sp³-hybridized carbons (Fsp3) is 0.652. The minimum Gasteiger partial charge on any atom is -0.396 e. The summed E-state index contributed by atoms with van der Waals surface area (Å²) in [5.74, 6) is 1.70. The van der Waals surface area contributed by atoms with Gasteiger partial charge in [-0.05, 0) is 43.7 Å². The van der Waals surface area contributed by atoms with Crippen LogP contribution in [-0.2, 0) is 4.79 Å². The lowest BCUT2D eigenvalue weighted by molar-refractivity contribution is -0.129. The molecular formula is C23H40IN5O2. The largest absolute Gasteiger partial charge is 0.396 e. The van der Waals surface area contributed by atoms with Crippen molar-refractivity contribution < 1.29 is 9.90 Å². The molecule has 1 fully saturated rings. The van der Waals surface area contributed by atoms with Crippen molar-refractivity contribution in [3.8, 4) is 0 Å². The van der Waals surface area contributed by atoms with Crippen LogP contribution in [0.1, 0.15) is 33.6 Å². The monoisotopic (exact) mass is 545 g/mol. The fourth-order valence-corrected chi connectivity index (χ4v) is 3.83. The smallest absolute Gasteiger partial charge is 0.244 e. The number of hydrogen-bond donors (Lipinski definition) is 3. The summed E-state index contributed by atoms with van der Waals surface area (Å²) < 4.78 is 0. The molecule has 0 spiro atoms. The van der Waals surface area contributed by atoms with E-state index in [1.54, 1.807) is 0 Å². The quantitative estimate of drug-likeness (QED) is 0.239. The highest BCUT2D eigenvalue weighted by Crippen LogP contribution is 2.16. The van der Waals surface area contributed by atoms with E-state index in [0.717, 1.165) is 52.1 Å². The molecule has 1 amide bonds. The van der Waals surface area contributed by atoms with Crippen LogP contribution in [0, 0.1) is 11.8 Å². The third-order valence-corrected chi connectivity index (χ3v) is 5.37. The van der Waals surface area contributed by atoms with Gasteiger partial charge in [0.15, 0.2) is 5.96 Å². The number of guanidine groups is 1. The van der Waals surface area contributed by atoms with Crippen molar-refractivity contribution in [1.29, 1.82) is 0 Å². The number of aliphatic hydroxyl groups is 1. The maximum atomic E-state index is 12.6. The highest BCUT2D eigenvalue weighted by molar-refractivity contribution is 14.0. The third-order valence-electron chi connectivity index (χ3n) is 5.37. The second-order valence-corrected chi connectivity index (χ2v) is 8.29. The van der Waals surface area contributed by atoms with Crippen molar-refractivity contribution in [3.05, 3.63) is 30.3 Å². The minimum absolute atomic E-state index is 0. The highest BCUT2D eigenvalue weighted by Gasteiger charge is 2.21. The molecule has 0 radical (unpaired) electrons. The zero-order chi connectivity index (χ0) is 21.8. The van der Waals surface area contributed by atoms with Crippen molar-refractivity contribution in [2.45, 2.75) is 33.6 Å². The molecule has 1 saturated heterocycles. The van der Waals surface area contributed by atoms with E-state index >= 15 is 0 Å². The van der Waals surface area contributed by atoms with Crippen LogP contribution in [0.3, 0.4) is 0 Å². The number of nitrogens with one attached hydrogen (secondary N) is 2.